The summed E-state index contributed by atoms with van der Waals surface area (Å²) in [5.74, 6) is 0.0362. The summed E-state index contributed by atoms with van der Waals surface area (Å²) >= 11 is 0. The number of carbonyl (C=O) groups excluding carboxylic acids is 1. The maximum atomic E-state index is 11.7. The van der Waals surface area contributed by atoms with Crippen molar-refractivity contribution in [1.82, 2.24) is 5.32 Å². The van der Waals surface area contributed by atoms with E-state index in [1.807, 2.05) is 38.2 Å². The topological polar surface area (TPSA) is 50.4 Å². The molecule has 0 heterocycles. The van der Waals surface area contributed by atoms with Crippen LogP contribution in [0.5, 0.6) is 0 Å². The van der Waals surface area contributed by atoms with E-state index in [1.165, 1.54) is 5.56 Å². The number of nitrogens with one attached hydrogen (secondary N) is 2. The van der Waals surface area contributed by atoms with Gasteiger partial charge in [-0.1, -0.05) is 12.1 Å². The molecule has 4 nitrogen and oxygen atoms in total. The average molecular weight is 264 g/mol. The summed E-state index contributed by atoms with van der Waals surface area (Å²) in [5, 5.41) is 6.07. The van der Waals surface area contributed by atoms with Gasteiger partial charge in [0.05, 0.1) is 0 Å². The Bertz CT molecular complexity index is 376. The van der Waals surface area contributed by atoms with Crippen LogP contribution in [0, 0.1) is 0 Å². The number of anilines is 1. The van der Waals surface area contributed by atoms with Crippen LogP contribution >= 0.6 is 0 Å². The molecule has 0 aliphatic carbocycles. The molecule has 0 saturated heterocycles. The van der Waals surface area contributed by atoms with E-state index in [9.17, 15) is 4.79 Å². The Morgan fingerprint density at radius 3 is 2.58 bits per heavy atom. The van der Waals surface area contributed by atoms with Crippen molar-refractivity contribution in [3.63, 3.8) is 0 Å². The first-order chi connectivity index (χ1) is 9.17. The first-order valence-electron chi connectivity index (χ1n) is 6.82. The monoisotopic (exact) mass is 264 g/mol. The third kappa shape index (κ3) is 5.85. The molecule has 0 aromatic heterocycles. The van der Waals surface area contributed by atoms with Crippen molar-refractivity contribution in [2.45, 2.75) is 32.7 Å². The Labute approximate surface area is 115 Å². The van der Waals surface area contributed by atoms with Crippen LogP contribution in [0.3, 0.4) is 0 Å². The lowest BCUT2D eigenvalue weighted by Gasteiger charge is -2.11. The summed E-state index contributed by atoms with van der Waals surface area (Å²) < 4.78 is 5.20. The molecule has 2 N–H and O–H groups in total. The standard InChI is InChI=1S/C15H24N2O2/c1-4-19-11-5-6-15(18)17-14-9-7-13(8-10-14)12(2)16-3/h7-10,12,16H,4-6,11H2,1-3H3,(H,17,18). The molecule has 1 aromatic carbocycles. The fraction of sp³-hybridized carbons (Fsp3) is 0.533. The Kier molecular flexibility index (Phi) is 7.15. The Morgan fingerprint density at radius 2 is 2.00 bits per heavy atom. The zero-order valence-corrected chi connectivity index (χ0v) is 12.0. The molecule has 0 bridgehead atoms. The van der Waals surface area contributed by atoms with E-state index in [2.05, 4.69) is 17.6 Å². The lowest BCUT2D eigenvalue weighted by atomic mass is 10.1. The summed E-state index contributed by atoms with van der Waals surface area (Å²) in [7, 11) is 1.93. The number of rotatable bonds is 8. The molecule has 1 aromatic rings. The zero-order valence-electron chi connectivity index (χ0n) is 12.0. The van der Waals surface area contributed by atoms with Gasteiger partial charge in [0.25, 0.3) is 0 Å². The van der Waals surface area contributed by atoms with Crippen LogP contribution in [0.4, 0.5) is 5.69 Å². The molecule has 19 heavy (non-hydrogen) atoms. The highest BCUT2D eigenvalue weighted by Crippen LogP contribution is 2.15. The van der Waals surface area contributed by atoms with Crippen LogP contribution in [-0.2, 0) is 9.53 Å². The third-order valence-electron chi connectivity index (χ3n) is 3.02. The van der Waals surface area contributed by atoms with Crippen molar-refractivity contribution >= 4 is 11.6 Å². The minimum atomic E-state index is 0.0362. The number of amides is 1. The maximum absolute atomic E-state index is 11.7. The summed E-state index contributed by atoms with van der Waals surface area (Å²) in [6.45, 7) is 5.39. The van der Waals surface area contributed by atoms with E-state index < -0.39 is 0 Å². The quantitative estimate of drug-likeness (QED) is 0.710. The van der Waals surface area contributed by atoms with E-state index >= 15 is 0 Å². The van der Waals surface area contributed by atoms with Crippen molar-refractivity contribution < 1.29 is 9.53 Å². The molecule has 0 radical (unpaired) electrons. The predicted molar refractivity (Wildman–Crippen MR) is 78.3 cm³/mol. The smallest absolute Gasteiger partial charge is 0.224 e. The Morgan fingerprint density at radius 1 is 1.32 bits per heavy atom. The molecule has 106 valence electrons. The highest BCUT2D eigenvalue weighted by molar-refractivity contribution is 5.90. The second kappa shape index (κ2) is 8.67. The van der Waals surface area contributed by atoms with E-state index in [-0.39, 0.29) is 5.91 Å². The Balaban J connectivity index is 2.38. The van der Waals surface area contributed by atoms with Gasteiger partial charge in [0, 0.05) is 31.4 Å². The van der Waals surface area contributed by atoms with Crippen molar-refractivity contribution in [3.8, 4) is 0 Å². The second-order valence-electron chi connectivity index (χ2n) is 4.48. The van der Waals surface area contributed by atoms with Crippen molar-refractivity contribution in [2.24, 2.45) is 0 Å². The lowest BCUT2D eigenvalue weighted by molar-refractivity contribution is -0.116. The fourth-order valence-electron chi connectivity index (χ4n) is 1.72. The van der Waals surface area contributed by atoms with Gasteiger partial charge in [-0.3, -0.25) is 4.79 Å². The first-order valence-corrected chi connectivity index (χ1v) is 6.82. The van der Waals surface area contributed by atoms with Crippen molar-refractivity contribution in [1.29, 1.82) is 0 Å². The van der Waals surface area contributed by atoms with Crippen LogP contribution in [0.25, 0.3) is 0 Å². The minimum absolute atomic E-state index is 0.0362. The van der Waals surface area contributed by atoms with Crippen LogP contribution in [0.1, 0.15) is 38.3 Å². The van der Waals surface area contributed by atoms with Crippen LogP contribution < -0.4 is 10.6 Å². The predicted octanol–water partition coefficient (Wildman–Crippen LogP) is 2.72. The van der Waals surface area contributed by atoms with Crippen LogP contribution in [0.15, 0.2) is 24.3 Å². The highest BCUT2D eigenvalue weighted by atomic mass is 16.5. The average Bonchev–Trinajstić information content (AvgIpc) is 2.43. The van der Waals surface area contributed by atoms with Gasteiger partial charge in [-0.25, -0.2) is 0 Å². The molecule has 1 rings (SSSR count). The second-order valence-corrected chi connectivity index (χ2v) is 4.48. The van der Waals surface area contributed by atoms with E-state index in [0.29, 0.717) is 25.7 Å². The fourth-order valence-corrected chi connectivity index (χ4v) is 1.72. The molecule has 1 amide bonds. The lowest BCUT2D eigenvalue weighted by Crippen LogP contribution is -2.14. The molecular weight excluding hydrogens is 240 g/mol. The number of benzene rings is 1. The normalized spacial score (nSPS) is 12.2. The maximum Gasteiger partial charge on any atom is 0.224 e. The van der Waals surface area contributed by atoms with Crippen molar-refractivity contribution in [2.75, 3.05) is 25.6 Å². The van der Waals surface area contributed by atoms with Gasteiger partial charge in [0.15, 0.2) is 0 Å². The summed E-state index contributed by atoms with van der Waals surface area (Å²) in [6.07, 6.45) is 1.25. The number of carbonyl (C=O) groups is 1. The largest absolute Gasteiger partial charge is 0.382 e. The summed E-state index contributed by atoms with van der Waals surface area (Å²) in [6, 6.07) is 8.23. The number of hydrogen-bond acceptors (Lipinski definition) is 3. The van der Waals surface area contributed by atoms with E-state index in [4.69, 9.17) is 4.74 Å². The van der Waals surface area contributed by atoms with Gasteiger partial charge < -0.3 is 15.4 Å². The first kappa shape index (κ1) is 15.7. The molecule has 0 aliphatic heterocycles. The molecular formula is C15H24N2O2. The molecule has 1 unspecified atom stereocenters. The van der Waals surface area contributed by atoms with Gasteiger partial charge in [0.1, 0.15) is 0 Å². The van der Waals surface area contributed by atoms with Gasteiger partial charge >= 0.3 is 0 Å². The van der Waals surface area contributed by atoms with Gasteiger partial charge in [-0.15, -0.1) is 0 Å². The van der Waals surface area contributed by atoms with E-state index in [0.717, 1.165) is 12.1 Å². The summed E-state index contributed by atoms with van der Waals surface area (Å²) in [5.41, 5.74) is 2.05. The van der Waals surface area contributed by atoms with Crippen molar-refractivity contribution in [3.05, 3.63) is 29.8 Å². The minimum Gasteiger partial charge on any atom is -0.382 e. The van der Waals surface area contributed by atoms with Crippen LogP contribution in [0.2, 0.25) is 0 Å². The number of hydrogen-bond donors (Lipinski definition) is 2. The van der Waals surface area contributed by atoms with Gasteiger partial charge in [-0.2, -0.15) is 0 Å². The van der Waals surface area contributed by atoms with Gasteiger partial charge in [-0.05, 0) is 45.0 Å². The Hall–Kier alpha value is -1.39. The third-order valence-corrected chi connectivity index (χ3v) is 3.02. The molecule has 0 spiro atoms. The van der Waals surface area contributed by atoms with Crippen LogP contribution in [-0.4, -0.2) is 26.2 Å². The van der Waals surface area contributed by atoms with E-state index in [1.54, 1.807) is 0 Å². The molecule has 0 saturated carbocycles. The molecule has 4 heteroatoms. The summed E-state index contributed by atoms with van der Waals surface area (Å²) in [4.78, 5) is 11.7. The van der Waals surface area contributed by atoms with Gasteiger partial charge in [0.2, 0.25) is 5.91 Å². The molecule has 0 fully saturated rings. The highest BCUT2D eigenvalue weighted by Gasteiger charge is 2.04. The SMILES string of the molecule is CCOCCCC(=O)Nc1ccc(C(C)NC)cc1. The zero-order chi connectivity index (χ0) is 14.1. The molecule has 1 atom stereocenters. The number of ether oxygens (including phenoxy) is 1. The molecule has 0 aliphatic rings.